The number of carbonyl (C=O) groups excluding carboxylic acids is 1. The van der Waals surface area contributed by atoms with Gasteiger partial charge in [0.15, 0.2) is 0 Å². The standard InChI is InChI=1S/C15H17NO2/c1-16(2)15(17)11-9-13-8-10-14(18-13)12-6-4-3-5-7-12/h3-8,10H,9,11H2,1-2H3. The molecule has 1 aromatic carbocycles. The van der Waals surface area contributed by atoms with Crippen molar-refractivity contribution < 1.29 is 9.21 Å². The Morgan fingerprint density at radius 3 is 2.50 bits per heavy atom. The Kier molecular flexibility index (Phi) is 3.82. The monoisotopic (exact) mass is 243 g/mol. The Labute approximate surface area is 107 Å². The SMILES string of the molecule is CN(C)C(=O)CCc1ccc(-c2ccccc2)o1. The Hall–Kier alpha value is -2.03. The van der Waals surface area contributed by atoms with E-state index in [4.69, 9.17) is 4.42 Å². The molecule has 0 aliphatic carbocycles. The van der Waals surface area contributed by atoms with Gasteiger partial charge in [-0.1, -0.05) is 30.3 Å². The summed E-state index contributed by atoms with van der Waals surface area (Å²) in [7, 11) is 3.53. The molecule has 3 nitrogen and oxygen atoms in total. The fourth-order valence-corrected chi connectivity index (χ4v) is 1.72. The van der Waals surface area contributed by atoms with Crippen molar-refractivity contribution in [2.45, 2.75) is 12.8 Å². The van der Waals surface area contributed by atoms with Crippen LogP contribution in [0.5, 0.6) is 0 Å². The number of benzene rings is 1. The van der Waals surface area contributed by atoms with Gasteiger partial charge < -0.3 is 9.32 Å². The van der Waals surface area contributed by atoms with Crippen LogP contribution in [0, 0.1) is 0 Å². The van der Waals surface area contributed by atoms with Crippen LogP contribution in [0.2, 0.25) is 0 Å². The summed E-state index contributed by atoms with van der Waals surface area (Å²) in [4.78, 5) is 13.1. The Morgan fingerprint density at radius 1 is 1.11 bits per heavy atom. The maximum absolute atomic E-state index is 11.5. The van der Waals surface area contributed by atoms with E-state index in [1.165, 1.54) is 0 Å². The molecule has 0 radical (unpaired) electrons. The number of amides is 1. The predicted molar refractivity (Wildman–Crippen MR) is 71.2 cm³/mol. The zero-order valence-electron chi connectivity index (χ0n) is 10.7. The van der Waals surface area contributed by atoms with Crippen LogP contribution in [0.1, 0.15) is 12.2 Å². The van der Waals surface area contributed by atoms with Crippen molar-refractivity contribution in [1.82, 2.24) is 4.90 Å². The third kappa shape index (κ3) is 3.00. The van der Waals surface area contributed by atoms with E-state index in [1.807, 2.05) is 42.5 Å². The summed E-state index contributed by atoms with van der Waals surface area (Å²) in [5.41, 5.74) is 1.06. The minimum atomic E-state index is 0.118. The smallest absolute Gasteiger partial charge is 0.222 e. The van der Waals surface area contributed by atoms with Gasteiger partial charge in [0.25, 0.3) is 0 Å². The molecule has 0 fully saturated rings. The minimum absolute atomic E-state index is 0.118. The first-order valence-electron chi connectivity index (χ1n) is 6.01. The molecular weight excluding hydrogens is 226 g/mol. The zero-order valence-corrected chi connectivity index (χ0v) is 10.7. The summed E-state index contributed by atoms with van der Waals surface area (Å²) in [6.45, 7) is 0. The van der Waals surface area contributed by atoms with Crippen LogP contribution in [-0.4, -0.2) is 24.9 Å². The quantitative estimate of drug-likeness (QED) is 0.827. The molecule has 1 amide bonds. The molecule has 2 rings (SSSR count). The largest absolute Gasteiger partial charge is 0.461 e. The molecule has 1 heterocycles. The lowest BCUT2D eigenvalue weighted by molar-refractivity contribution is -0.128. The fraction of sp³-hybridized carbons (Fsp3) is 0.267. The van der Waals surface area contributed by atoms with Gasteiger partial charge in [0.2, 0.25) is 5.91 Å². The highest BCUT2D eigenvalue weighted by Gasteiger charge is 2.08. The van der Waals surface area contributed by atoms with Gasteiger partial charge in [-0.15, -0.1) is 0 Å². The summed E-state index contributed by atoms with van der Waals surface area (Å²) in [5.74, 6) is 1.82. The normalized spacial score (nSPS) is 10.3. The molecular formula is C15H17NO2. The molecule has 0 saturated heterocycles. The summed E-state index contributed by atoms with van der Waals surface area (Å²) in [6.07, 6.45) is 1.12. The van der Waals surface area contributed by atoms with Gasteiger partial charge in [0.05, 0.1) is 0 Å². The lowest BCUT2D eigenvalue weighted by atomic mass is 10.2. The van der Waals surface area contributed by atoms with Gasteiger partial charge in [0, 0.05) is 32.5 Å². The zero-order chi connectivity index (χ0) is 13.0. The van der Waals surface area contributed by atoms with E-state index in [9.17, 15) is 4.79 Å². The molecule has 1 aromatic heterocycles. The van der Waals surface area contributed by atoms with Gasteiger partial charge >= 0.3 is 0 Å². The van der Waals surface area contributed by atoms with Crippen molar-refractivity contribution in [2.75, 3.05) is 14.1 Å². The highest BCUT2D eigenvalue weighted by molar-refractivity contribution is 5.75. The molecule has 18 heavy (non-hydrogen) atoms. The molecule has 3 heteroatoms. The first-order chi connectivity index (χ1) is 8.66. The maximum atomic E-state index is 11.5. The van der Waals surface area contributed by atoms with E-state index in [0.29, 0.717) is 12.8 Å². The van der Waals surface area contributed by atoms with Crippen LogP contribution >= 0.6 is 0 Å². The second kappa shape index (κ2) is 5.54. The summed E-state index contributed by atoms with van der Waals surface area (Å²) in [5, 5.41) is 0. The average molecular weight is 243 g/mol. The molecule has 0 spiro atoms. The highest BCUT2D eigenvalue weighted by Crippen LogP contribution is 2.22. The lowest BCUT2D eigenvalue weighted by Crippen LogP contribution is -2.21. The summed E-state index contributed by atoms with van der Waals surface area (Å²) < 4.78 is 5.73. The molecule has 0 aliphatic rings. The number of hydrogen-bond donors (Lipinski definition) is 0. The van der Waals surface area contributed by atoms with Gasteiger partial charge in [-0.05, 0) is 12.1 Å². The third-order valence-electron chi connectivity index (χ3n) is 2.80. The van der Waals surface area contributed by atoms with Crippen LogP contribution in [-0.2, 0) is 11.2 Å². The topological polar surface area (TPSA) is 33.5 Å². The second-order valence-electron chi connectivity index (χ2n) is 4.42. The molecule has 0 aliphatic heterocycles. The molecule has 0 atom stereocenters. The van der Waals surface area contributed by atoms with Gasteiger partial charge in [-0.25, -0.2) is 0 Å². The Morgan fingerprint density at radius 2 is 1.83 bits per heavy atom. The highest BCUT2D eigenvalue weighted by atomic mass is 16.3. The summed E-state index contributed by atoms with van der Waals surface area (Å²) >= 11 is 0. The second-order valence-corrected chi connectivity index (χ2v) is 4.42. The van der Waals surface area contributed by atoms with Gasteiger partial charge in [0.1, 0.15) is 11.5 Å². The number of nitrogens with zero attached hydrogens (tertiary/aromatic N) is 1. The van der Waals surface area contributed by atoms with E-state index < -0.39 is 0 Å². The minimum Gasteiger partial charge on any atom is -0.461 e. The van der Waals surface area contributed by atoms with Crippen molar-refractivity contribution in [3.05, 3.63) is 48.2 Å². The molecule has 0 bridgehead atoms. The van der Waals surface area contributed by atoms with Crippen molar-refractivity contribution in [1.29, 1.82) is 0 Å². The molecule has 0 saturated carbocycles. The number of hydrogen-bond acceptors (Lipinski definition) is 2. The van der Waals surface area contributed by atoms with E-state index >= 15 is 0 Å². The fourth-order valence-electron chi connectivity index (χ4n) is 1.72. The van der Waals surface area contributed by atoms with E-state index in [0.717, 1.165) is 17.1 Å². The number of aryl methyl sites for hydroxylation is 1. The van der Waals surface area contributed by atoms with Crippen LogP contribution < -0.4 is 0 Å². The van der Waals surface area contributed by atoms with Gasteiger partial charge in [-0.3, -0.25) is 4.79 Å². The summed E-state index contributed by atoms with van der Waals surface area (Å²) in [6, 6.07) is 13.8. The van der Waals surface area contributed by atoms with Crippen molar-refractivity contribution in [3.8, 4) is 11.3 Å². The van der Waals surface area contributed by atoms with Crippen molar-refractivity contribution >= 4 is 5.91 Å². The Bertz CT molecular complexity index is 514. The van der Waals surface area contributed by atoms with E-state index in [1.54, 1.807) is 19.0 Å². The van der Waals surface area contributed by atoms with Crippen molar-refractivity contribution in [3.63, 3.8) is 0 Å². The van der Waals surface area contributed by atoms with Crippen molar-refractivity contribution in [2.24, 2.45) is 0 Å². The first-order valence-corrected chi connectivity index (χ1v) is 6.01. The average Bonchev–Trinajstić information content (AvgIpc) is 2.85. The molecule has 2 aromatic rings. The maximum Gasteiger partial charge on any atom is 0.222 e. The molecule has 94 valence electrons. The number of rotatable bonds is 4. The first kappa shape index (κ1) is 12.4. The van der Waals surface area contributed by atoms with Crippen LogP contribution in [0.25, 0.3) is 11.3 Å². The molecule has 0 N–H and O–H groups in total. The number of furan rings is 1. The van der Waals surface area contributed by atoms with Gasteiger partial charge in [-0.2, -0.15) is 0 Å². The Balaban J connectivity index is 2.01. The molecule has 0 unspecified atom stereocenters. The third-order valence-corrected chi connectivity index (χ3v) is 2.80. The van der Waals surface area contributed by atoms with Crippen LogP contribution in [0.3, 0.4) is 0 Å². The van der Waals surface area contributed by atoms with Crippen LogP contribution in [0.4, 0.5) is 0 Å². The van der Waals surface area contributed by atoms with E-state index in [2.05, 4.69) is 0 Å². The van der Waals surface area contributed by atoms with Crippen LogP contribution in [0.15, 0.2) is 46.9 Å². The predicted octanol–water partition coefficient (Wildman–Crippen LogP) is 2.97. The lowest BCUT2D eigenvalue weighted by Gasteiger charge is -2.08. The van der Waals surface area contributed by atoms with E-state index in [-0.39, 0.29) is 5.91 Å². The number of carbonyl (C=O) groups is 1.